The Morgan fingerprint density at radius 2 is 2.15 bits per heavy atom. The normalized spacial score (nSPS) is 17.0. The summed E-state index contributed by atoms with van der Waals surface area (Å²) in [5.74, 6) is 0.683. The standard InChI is InChI=1S/C18H31N5O2S/c1-4-7-19-18(21-14-17(24)22(2)3)20-13-15(16-6-5-12-26-16)23-8-10-25-11-9-23/h5-6,12,15H,4,7-11,13-14H2,1-3H3,(H2,19,20,21). The fourth-order valence-electron chi connectivity index (χ4n) is 2.68. The lowest BCUT2D eigenvalue weighted by Gasteiger charge is -2.34. The van der Waals surface area contributed by atoms with Crippen LogP contribution in [0.5, 0.6) is 0 Å². The Kier molecular flexibility index (Phi) is 8.87. The van der Waals surface area contributed by atoms with Crippen molar-refractivity contribution in [3.63, 3.8) is 0 Å². The summed E-state index contributed by atoms with van der Waals surface area (Å²) in [5, 5.41) is 8.84. The average molecular weight is 382 g/mol. The minimum atomic E-state index is -0.00872. The molecule has 1 atom stereocenters. The van der Waals surface area contributed by atoms with Crippen LogP contribution in [0.2, 0.25) is 0 Å². The van der Waals surface area contributed by atoms with Gasteiger partial charge in [0.25, 0.3) is 0 Å². The lowest BCUT2D eigenvalue weighted by Crippen LogP contribution is -2.46. The Bertz CT molecular complexity index is 556. The van der Waals surface area contributed by atoms with Crippen molar-refractivity contribution < 1.29 is 9.53 Å². The zero-order valence-electron chi connectivity index (χ0n) is 16.0. The number of nitrogens with one attached hydrogen (secondary N) is 2. The maximum absolute atomic E-state index is 11.8. The molecule has 1 unspecified atom stereocenters. The number of ether oxygens (including phenoxy) is 1. The minimum absolute atomic E-state index is 0.00872. The first-order valence-electron chi connectivity index (χ1n) is 9.19. The molecule has 1 aromatic heterocycles. The topological polar surface area (TPSA) is 69.2 Å². The Morgan fingerprint density at radius 1 is 1.38 bits per heavy atom. The summed E-state index contributed by atoms with van der Waals surface area (Å²) in [6, 6.07) is 4.54. The first-order chi connectivity index (χ1) is 12.6. The third kappa shape index (κ3) is 6.59. The molecule has 0 spiro atoms. The average Bonchev–Trinajstić information content (AvgIpc) is 3.18. The van der Waals surface area contributed by atoms with E-state index in [0.717, 1.165) is 45.8 Å². The first-order valence-corrected chi connectivity index (χ1v) is 10.1. The third-order valence-corrected chi connectivity index (χ3v) is 5.21. The molecule has 1 aliphatic rings. The van der Waals surface area contributed by atoms with Crippen molar-refractivity contribution >= 4 is 23.2 Å². The van der Waals surface area contributed by atoms with Crippen molar-refractivity contribution in [3.8, 4) is 0 Å². The van der Waals surface area contributed by atoms with Gasteiger partial charge in [-0.25, -0.2) is 4.99 Å². The van der Waals surface area contributed by atoms with Gasteiger partial charge in [0.1, 0.15) is 6.54 Å². The van der Waals surface area contributed by atoms with Crippen LogP contribution >= 0.6 is 11.3 Å². The van der Waals surface area contributed by atoms with Crippen molar-refractivity contribution in [1.82, 2.24) is 20.4 Å². The number of hydrogen-bond acceptors (Lipinski definition) is 5. The van der Waals surface area contributed by atoms with E-state index < -0.39 is 0 Å². The van der Waals surface area contributed by atoms with Gasteiger partial charge in [-0.2, -0.15) is 0 Å². The van der Waals surface area contributed by atoms with Gasteiger partial charge in [0.2, 0.25) is 5.91 Å². The van der Waals surface area contributed by atoms with Gasteiger partial charge in [0.05, 0.1) is 19.3 Å². The summed E-state index contributed by atoms with van der Waals surface area (Å²) in [6.45, 7) is 7.22. The van der Waals surface area contributed by atoms with E-state index in [9.17, 15) is 4.79 Å². The SMILES string of the molecule is CCCNC(=NCC(=O)N(C)C)NCC(c1cccs1)N1CCOCC1. The molecular formula is C18H31N5O2S. The molecule has 0 radical (unpaired) electrons. The number of likely N-dealkylation sites (N-methyl/N-ethyl adjacent to an activating group) is 1. The van der Waals surface area contributed by atoms with Gasteiger partial charge in [0.15, 0.2) is 5.96 Å². The molecule has 2 N–H and O–H groups in total. The second kappa shape index (κ2) is 11.2. The maximum Gasteiger partial charge on any atom is 0.243 e. The van der Waals surface area contributed by atoms with E-state index in [0.29, 0.717) is 5.96 Å². The smallest absolute Gasteiger partial charge is 0.243 e. The predicted octanol–water partition coefficient (Wildman–Crippen LogP) is 1.15. The quantitative estimate of drug-likeness (QED) is 0.522. The van der Waals surface area contributed by atoms with Gasteiger partial charge < -0.3 is 20.3 Å². The number of nitrogens with zero attached hydrogens (tertiary/aromatic N) is 3. The highest BCUT2D eigenvalue weighted by molar-refractivity contribution is 7.10. The molecule has 146 valence electrons. The van der Waals surface area contributed by atoms with E-state index in [2.05, 4.69) is 45.0 Å². The summed E-state index contributed by atoms with van der Waals surface area (Å²) in [6.07, 6.45) is 1.00. The summed E-state index contributed by atoms with van der Waals surface area (Å²) in [7, 11) is 3.49. The predicted molar refractivity (Wildman–Crippen MR) is 107 cm³/mol. The fourth-order valence-corrected chi connectivity index (χ4v) is 3.54. The molecule has 26 heavy (non-hydrogen) atoms. The summed E-state index contributed by atoms with van der Waals surface area (Å²) >= 11 is 1.77. The monoisotopic (exact) mass is 381 g/mol. The van der Waals surface area contributed by atoms with E-state index >= 15 is 0 Å². The van der Waals surface area contributed by atoms with Gasteiger partial charge in [-0.1, -0.05) is 13.0 Å². The van der Waals surface area contributed by atoms with E-state index in [1.807, 2.05) is 0 Å². The molecule has 1 aliphatic heterocycles. The van der Waals surface area contributed by atoms with Crippen molar-refractivity contribution in [2.75, 3.05) is 60.0 Å². The molecule has 2 rings (SSSR count). The highest BCUT2D eigenvalue weighted by Gasteiger charge is 2.23. The van der Waals surface area contributed by atoms with Crippen LogP contribution in [0, 0.1) is 0 Å². The van der Waals surface area contributed by atoms with Crippen molar-refractivity contribution in [2.45, 2.75) is 19.4 Å². The second-order valence-corrected chi connectivity index (χ2v) is 7.42. The van der Waals surface area contributed by atoms with Crippen LogP contribution in [-0.4, -0.2) is 81.7 Å². The number of thiophene rings is 1. The Morgan fingerprint density at radius 3 is 2.77 bits per heavy atom. The van der Waals surface area contributed by atoms with Crippen LogP contribution < -0.4 is 10.6 Å². The molecule has 2 heterocycles. The van der Waals surface area contributed by atoms with Crippen LogP contribution in [0.15, 0.2) is 22.5 Å². The number of carbonyl (C=O) groups excluding carboxylic acids is 1. The largest absolute Gasteiger partial charge is 0.379 e. The van der Waals surface area contributed by atoms with Gasteiger partial charge >= 0.3 is 0 Å². The molecule has 1 saturated heterocycles. The molecule has 0 bridgehead atoms. The number of amides is 1. The number of hydrogen-bond donors (Lipinski definition) is 2. The number of aliphatic imine (C=N–C) groups is 1. The maximum atomic E-state index is 11.8. The fraction of sp³-hybridized carbons (Fsp3) is 0.667. The highest BCUT2D eigenvalue weighted by atomic mass is 32.1. The molecule has 0 aromatic carbocycles. The molecule has 7 nitrogen and oxygen atoms in total. The molecule has 0 saturated carbocycles. The summed E-state index contributed by atoms with van der Waals surface area (Å²) in [4.78, 5) is 21.6. The molecule has 1 aromatic rings. The molecule has 1 amide bonds. The Balaban J connectivity index is 2.01. The van der Waals surface area contributed by atoms with Crippen molar-refractivity contribution in [2.24, 2.45) is 4.99 Å². The van der Waals surface area contributed by atoms with Gasteiger partial charge in [-0.05, 0) is 17.9 Å². The van der Waals surface area contributed by atoms with Gasteiger partial charge in [-0.15, -0.1) is 11.3 Å². The third-order valence-electron chi connectivity index (χ3n) is 4.23. The summed E-state index contributed by atoms with van der Waals surface area (Å²) in [5.41, 5.74) is 0. The van der Waals surface area contributed by atoms with E-state index in [-0.39, 0.29) is 18.5 Å². The molecule has 1 fully saturated rings. The van der Waals surface area contributed by atoms with Gasteiger partial charge in [0, 0.05) is 45.2 Å². The molecule has 8 heteroatoms. The van der Waals surface area contributed by atoms with Crippen LogP contribution in [0.3, 0.4) is 0 Å². The minimum Gasteiger partial charge on any atom is -0.379 e. The van der Waals surface area contributed by atoms with E-state index in [4.69, 9.17) is 4.74 Å². The van der Waals surface area contributed by atoms with Crippen LogP contribution in [-0.2, 0) is 9.53 Å². The Hall–Kier alpha value is -1.64. The zero-order chi connectivity index (χ0) is 18.8. The number of guanidine groups is 1. The number of morpholine rings is 1. The summed E-state index contributed by atoms with van der Waals surface area (Å²) < 4.78 is 5.50. The molecule has 0 aliphatic carbocycles. The zero-order valence-corrected chi connectivity index (χ0v) is 16.8. The highest BCUT2D eigenvalue weighted by Crippen LogP contribution is 2.25. The number of rotatable bonds is 8. The van der Waals surface area contributed by atoms with Crippen LogP contribution in [0.4, 0.5) is 0 Å². The second-order valence-electron chi connectivity index (χ2n) is 6.44. The lowest BCUT2D eigenvalue weighted by molar-refractivity contribution is -0.127. The molecular weight excluding hydrogens is 350 g/mol. The van der Waals surface area contributed by atoms with Crippen molar-refractivity contribution in [1.29, 1.82) is 0 Å². The number of carbonyl (C=O) groups is 1. The van der Waals surface area contributed by atoms with Crippen LogP contribution in [0.25, 0.3) is 0 Å². The van der Waals surface area contributed by atoms with Crippen molar-refractivity contribution in [3.05, 3.63) is 22.4 Å². The van der Waals surface area contributed by atoms with E-state index in [1.165, 1.54) is 4.88 Å². The lowest BCUT2D eigenvalue weighted by atomic mass is 10.2. The Labute approximate surface area is 160 Å². The van der Waals surface area contributed by atoms with Crippen LogP contribution in [0.1, 0.15) is 24.3 Å². The van der Waals surface area contributed by atoms with E-state index in [1.54, 1.807) is 30.3 Å². The first kappa shape index (κ1) is 20.7. The van der Waals surface area contributed by atoms with Gasteiger partial charge in [-0.3, -0.25) is 9.69 Å².